The van der Waals surface area contributed by atoms with Gasteiger partial charge in [0.25, 0.3) is 5.24 Å². The second-order valence-corrected chi connectivity index (χ2v) is 2.20. The van der Waals surface area contributed by atoms with Gasteiger partial charge in [-0.3, -0.25) is 4.79 Å². The van der Waals surface area contributed by atoms with Crippen molar-refractivity contribution >= 4 is 22.4 Å². The fraction of sp³-hybridized carbons (Fsp3) is 0.143. The normalized spacial score (nSPS) is 11.6. The Morgan fingerprint density at radius 1 is 1.82 bits per heavy atom. The van der Waals surface area contributed by atoms with Crippen LogP contribution in [-0.4, -0.2) is 10.4 Å². The fourth-order valence-electron chi connectivity index (χ4n) is 0.714. The molecular weight excluding hydrogens is 166 g/mol. The molecule has 1 aromatic heterocycles. The molecule has 0 saturated carbocycles. The van der Waals surface area contributed by atoms with Gasteiger partial charge in [-0.2, -0.15) is 0 Å². The summed E-state index contributed by atoms with van der Waals surface area (Å²) in [6.07, 6.45) is 2.98. The van der Waals surface area contributed by atoms with Crippen LogP contribution in [0.25, 0.3) is 5.57 Å². The molecule has 0 aliphatic carbocycles. The average Bonchev–Trinajstić information content (AvgIpc) is 2.40. The zero-order valence-corrected chi connectivity index (χ0v) is 6.63. The molecule has 0 atom stereocenters. The lowest BCUT2D eigenvalue weighted by atomic mass is 10.2. The third-order valence-corrected chi connectivity index (χ3v) is 1.42. The van der Waals surface area contributed by atoms with Crippen LogP contribution in [0, 0.1) is 0 Å². The highest BCUT2D eigenvalue weighted by atomic mass is 35.5. The van der Waals surface area contributed by atoms with Gasteiger partial charge in [0.2, 0.25) is 0 Å². The molecular formula is C7H6ClNO2. The highest BCUT2D eigenvalue weighted by Gasteiger charge is 2.09. The van der Waals surface area contributed by atoms with Crippen molar-refractivity contribution in [2.24, 2.45) is 0 Å². The number of nitrogens with zero attached hydrogens (tertiary/aromatic N) is 1. The first-order valence-corrected chi connectivity index (χ1v) is 3.40. The maximum atomic E-state index is 10.7. The molecule has 0 aliphatic heterocycles. The third kappa shape index (κ3) is 1.68. The van der Waals surface area contributed by atoms with E-state index in [1.807, 2.05) is 0 Å². The Bertz CT molecular complexity index is 277. The third-order valence-electron chi connectivity index (χ3n) is 1.21. The van der Waals surface area contributed by atoms with Gasteiger partial charge in [0.05, 0.1) is 5.57 Å². The summed E-state index contributed by atoms with van der Waals surface area (Å²) in [5, 5.41) is 3.03. The van der Waals surface area contributed by atoms with E-state index in [0.29, 0.717) is 11.3 Å². The zero-order valence-electron chi connectivity index (χ0n) is 5.87. The molecule has 0 fully saturated rings. The highest BCUT2D eigenvalue weighted by molar-refractivity contribution is 6.74. The SMILES string of the molecule is C/C=C(/C(=O)Cl)c1ccon1. The molecule has 0 amide bonds. The van der Waals surface area contributed by atoms with Crippen molar-refractivity contribution in [3.05, 3.63) is 24.1 Å². The van der Waals surface area contributed by atoms with Crippen molar-refractivity contribution in [3.8, 4) is 0 Å². The first-order valence-electron chi connectivity index (χ1n) is 3.02. The van der Waals surface area contributed by atoms with Crippen LogP contribution in [-0.2, 0) is 4.79 Å². The van der Waals surface area contributed by atoms with E-state index < -0.39 is 5.24 Å². The Balaban J connectivity index is 2.99. The lowest BCUT2D eigenvalue weighted by Gasteiger charge is -1.91. The van der Waals surface area contributed by atoms with Crippen LogP contribution in [0.4, 0.5) is 0 Å². The summed E-state index contributed by atoms with van der Waals surface area (Å²) in [7, 11) is 0. The van der Waals surface area contributed by atoms with E-state index >= 15 is 0 Å². The summed E-state index contributed by atoms with van der Waals surface area (Å²) in [4.78, 5) is 10.7. The van der Waals surface area contributed by atoms with Gasteiger partial charge in [-0.15, -0.1) is 0 Å². The number of carbonyl (C=O) groups excluding carboxylic acids is 1. The van der Waals surface area contributed by atoms with Crippen molar-refractivity contribution in [1.82, 2.24) is 5.16 Å². The van der Waals surface area contributed by atoms with Gasteiger partial charge in [0, 0.05) is 6.07 Å². The van der Waals surface area contributed by atoms with E-state index in [1.165, 1.54) is 6.26 Å². The maximum absolute atomic E-state index is 10.7. The number of carbonyl (C=O) groups is 1. The van der Waals surface area contributed by atoms with Crippen LogP contribution in [0.15, 0.2) is 22.9 Å². The molecule has 0 N–H and O–H groups in total. The molecule has 0 unspecified atom stereocenters. The summed E-state index contributed by atoms with van der Waals surface area (Å²) < 4.78 is 4.55. The molecule has 4 heteroatoms. The Hall–Kier alpha value is -1.09. The summed E-state index contributed by atoms with van der Waals surface area (Å²) in [6, 6.07) is 1.58. The first-order chi connectivity index (χ1) is 5.25. The van der Waals surface area contributed by atoms with Crippen molar-refractivity contribution in [3.63, 3.8) is 0 Å². The molecule has 1 rings (SSSR count). The summed E-state index contributed by atoms with van der Waals surface area (Å²) in [6.45, 7) is 1.71. The number of rotatable bonds is 2. The maximum Gasteiger partial charge on any atom is 0.254 e. The molecule has 0 aromatic carbocycles. The summed E-state index contributed by atoms with van der Waals surface area (Å²) >= 11 is 5.25. The van der Waals surface area contributed by atoms with E-state index in [2.05, 4.69) is 9.68 Å². The first kappa shape index (κ1) is 8.01. The fourth-order valence-corrected chi connectivity index (χ4v) is 0.919. The van der Waals surface area contributed by atoms with E-state index in [9.17, 15) is 4.79 Å². The molecule has 0 bridgehead atoms. The minimum atomic E-state index is -0.526. The summed E-state index contributed by atoms with van der Waals surface area (Å²) in [5.41, 5.74) is 0.827. The minimum Gasteiger partial charge on any atom is -0.364 e. The van der Waals surface area contributed by atoms with Crippen LogP contribution < -0.4 is 0 Å². The van der Waals surface area contributed by atoms with Gasteiger partial charge < -0.3 is 4.52 Å². The van der Waals surface area contributed by atoms with Gasteiger partial charge in [-0.25, -0.2) is 0 Å². The molecule has 3 nitrogen and oxygen atoms in total. The molecule has 0 aliphatic rings. The van der Waals surface area contributed by atoms with Crippen LogP contribution in [0.5, 0.6) is 0 Å². The van der Waals surface area contributed by atoms with E-state index in [1.54, 1.807) is 19.1 Å². The molecule has 1 heterocycles. The molecule has 0 radical (unpaired) electrons. The minimum absolute atomic E-state index is 0.361. The smallest absolute Gasteiger partial charge is 0.254 e. The number of hydrogen-bond donors (Lipinski definition) is 0. The second kappa shape index (κ2) is 3.34. The largest absolute Gasteiger partial charge is 0.364 e. The topological polar surface area (TPSA) is 43.1 Å². The Morgan fingerprint density at radius 2 is 2.55 bits per heavy atom. The Labute approximate surface area is 68.6 Å². The van der Waals surface area contributed by atoms with Gasteiger partial charge >= 0.3 is 0 Å². The average molecular weight is 172 g/mol. The van der Waals surface area contributed by atoms with Gasteiger partial charge in [-0.05, 0) is 18.5 Å². The second-order valence-electron chi connectivity index (χ2n) is 1.86. The lowest BCUT2D eigenvalue weighted by Crippen LogP contribution is -1.92. The summed E-state index contributed by atoms with van der Waals surface area (Å²) in [5.74, 6) is 0. The quantitative estimate of drug-likeness (QED) is 0.504. The van der Waals surface area contributed by atoms with E-state index in [4.69, 9.17) is 11.6 Å². The monoisotopic (exact) mass is 171 g/mol. The van der Waals surface area contributed by atoms with E-state index in [-0.39, 0.29) is 0 Å². The Kier molecular flexibility index (Phi) is 2.44. The lowest BCUT2D eigenvalue weighted by molar-refractivity contribution is -0.106. The highest BCUT2D eigenvalue weighted by Crippen LogP contribution is 2.14. The van der Waals surface area contributed by atoms with Crippen LogP contribution in [0.2, 0.25) is 0 Å². The van der Waals surface area contributed by atoms with Gasteiger partial charge in [0.1, 0.15) is 12.0 Å². The molecule has 0 spiro atoms. The van der Waals surface area contributed by atoms with Gasteiger partial charge in [-0.1, -0.05) is 11.2 Å². The molecule has 0 saturated heterocycles. The van der Waals surface area contributed by atoms with Crippen molar-refractivity contribution < 1.29 is 9.32 Å². The predicted octanol–water partition coefficient (Wildman–Crippen LogP) is 1.84. The molecule has 11 heavy (non-hydrogen) atoms. The molecule has 58 valence electrons. The number of halogens is 1. The number of allylic oxidation sites excluding steroid dienone is 2. The predicted molar refractivity (Wildman–Crippen MR) is 41.0 cm³/mol. The van der Waals surface area contributed by atoms with Crippen LogP contribution >= 0.6 is 11.6 Å². The van der Waals surface area contributed by atoms with Crippen LogP contribution in [0.1, 0.15) is 12.6 Å². The van der Waals surface area contributed by atoms with Crippen molar-refractivity contribution in [2.45, 2.75) is 6.92 Å². The van der Waals surface area contributed by atoms with Crippen molar-refractivity contribution in [2.75, 3.05) is 0 Å². The zero-order chi connectivity index (χ0) is 8.27. The van der Waals surface area contributed by atoms with E-state index in [0.717, 1.165) is 0 Å². The molecule has 1 aromatic rings. The standard InChI is InChI=1S/C7H6ClNO2/c1-2-5(7(8)10)6-3-4-11-9-6/h2-4H,1H3/b5-2+. The number of hydrogen-bond acceptors (Lipinski definition) is 3. The van der Waals surface area contributed by atoms with Crippen LogP contribution in [0.3, 0.4) is 0 Å². The van der Waals surface area contributed by atoms with Crippen molar-refractivity contribution in [1.29, 1.82) is 0 Å². The Morgan fingerprint density at radius 3 is 2.91 bits per heavy atom. The number of aromatic nitrogens is 1. The van der Waals surface area contributed by atoms with Gasteiger partial charge in [0.15, 0.2) is 0 Å².